The van der Waals surface area contributed by atoms with E-state index in [0.29, 0.717) is 24.8 Å². The molecule has 0 radical (unpaired) electrons. The molecule has 1 aromatic heterocycles. The highest BCUT2D eigenvalue weighted by Gasteiger charge is 2.34. The van der Waals surface area contributed by atoms with Crippen molar-refractivity contribution < 1.29 is 9.53 Å². The van der Waals surface area contributed by atoms with E-state index in [1.165, 1.54) is 11.7 Å². The number of aromatic nitrogens is 1. The summed E-state index contributed by atoms with van der Waals surface area (Å²) in [5.41, 5.74) is 7.37. The summed E-state index contributed by atoms with van der Waals surface area (Å²) < 4.78 is 7.00. The molecule has 1 aliphatic rings. The number of nitriles is 1. The summed E-state index contributed by atoms with van der Waals surface area (Å²) in [5, 5.41) is 11.0. The zero-order valence-corrected chi connectivity index (χ0v) is 19.0. The Balaban J connectivity index is 2.09. The maximum absolute atomic E-state index is 13.5. The molecule has 3 aromatic rings. The molecule has 0 bridgehead atoms. The third-order valence-electron chi connectivity index (χ3n) is 5.02. The zero-order valence-electron chi connectivity index (χ0n) is 16.6. The quantitative estimate of drug-likeness (QED) is 0.577. The van der Waals surface area contributed by atoms with E-state index in [1.807, 2.05) is 0 Å². The smallest absolute Gasteiger partial charge is 0.343 e. The van der Waals surface area contributed by atoms with E-state index in [4.69, 9.17) is 33.7 Å². The van der Waals surface area contributed by atoms with E-state index in [-0.39, 0.29) is 22.4 Å². The van der Waals surface area contributed by atoms with E-state index >= 15 is 0 Å². The van der Waals surface area contributed by atoms with Gasteiger partial charge in [0.2, 0.25) is 0 Å². The van der Waals surface area contributed by atoms with Crippen LogP contribution in [-0.2, 0) is 9.53 Å². The predicted molar refractivity (Wildman–Crippen MR) is 125 cm³/mol. The molecule has 0 unspecified atom stereocenters. The Bertz CT molecular complexity index is 1480. The fourth-order valence-corrected chi connectivity index (χ4v) is 4.95. The molecule has 4 rings (SSSR count). The Kier molecular flexibility index (Phi) is 5.94. The standard InChI is InChI=1S/C23H15Cl2N3O3S/c1-31-23(30)18-19(27)16(11-26)20(13-4-8-15(25)9-5-13)28-21(29)17(32-22(18)28)10-12-2-6-14(24)7-3-12/h2-10,20H,27H2,1H3/b17-10+/t20-/m1/s1. The van der Waals surface area contributed by atoms with Crippen molar-refractivity contribution in [3.63, 3.8) is 0 Å². The van der Waals surface area contributed by atoms with Crippen molar-refractivity contribution in [2.75, 3.05) is 7.11 Å². The first-order valence-electron chi connectivity index (χ1n) is 9.32. The molecule has 32 heavy (non-hydrogen) atoms. The predicted octanol–water partition coefficient (Wildman–Crippen LogP) is 2.71. The lowest BCUT2D eigenvalue weighted by atomic mass is 9.93. The third-order valence-corrected chi connectivity index (χ3v) is 6.63. The molecular weight excluding hydrogens is 469 g/mol. The zero-order chi connectivity index (χ0) is 23.0. The molecule has 6 nitrogen and oxygen atoms in total. The number of methoxy groups -OCH3 is 1. The van der Waals surface area contributed by atoms with Crippen molar-refractivity contribution >= 4 is 52.2 Å². The Morgan fingerprint density at radius 1 is 1.16 bits per heavy atom. The van der Waals surface area contributed by atoms with Gasteiger partial charge in [0.25, 0.3) is 5.56 Å². The number of allylic oxidation sites excluding steroid dienone is 1. The second-order valence-electron chi connectivity index (χ2n) is 6.90. The number of halogens is 2. The fourth-order valence-electron chi connectivity index (χ4n) is 3.52. The largest absolute Gasteiger partial charge is 0.465 e. The van der Waals surface area contributed by atoms with Gasteiger partial charge >= 0.3 is 5.97 Å². The first kappa shape index (κ1) is 21.9. The maximum atomic E-state index is 13.5. The molecule has 0 saturated carbocycles. The first-order valence-corrected chi connectivity index (χ1v) is 10.9. The minimum Gasteiger partial charge on any atom is -0.465 e. The molecule has 0 amide bonds. The van der Waals surface area contributed by atoms with E-state index in [2.05, 4.69) is 6.07 Å². The number of hydrogen-bond acceptors (Lipinski definition) is 6. The molecule has 2 N–H and O–H groups in total. The Morgan fingerprint density at radius 3 is 2.31 bits per heavy atom. The topological polar surface area (TPSA) is 98.1 Å². The highest BCUT2D eigenvalue weighted by Crippen LogP contribution is 2.31. The van der Waals surface area contributed by atoms with Crippen LogP contribution in [0, 0.1) is 11.3 Å². The highest BCUT2D eigenvalue weighted by molar-refractivity contribution is 7.07. The van der Waals surface area contributed by atoms with Gasteiger partial charge in [-0.25, -0.2) is 4.79 Å². The van der Waals surface area contributed by atoms with Gasteiger partial charge in [-0.15, -0.1) is 11.3 Å². The van der Waals surface area contributed by atoms with Crippen LogP contribution in [0.3, 0.4) is 0 Å². The van der Waals surface area contributed by atoms with Gasteiger partial charge in [0.1, 0.15) is 16.3 Å². The van der Waals surface area contributed by atoms with Crippen LogP contribution in [0.2, 0.25) is 10.0 Å². The summed E-state index contributed by atoms with van der Waals surface area (Å²) in [6.07, 6.45) is 1.70. The fraction of sp³-hybridized carbons (Fsp3) is 0.0870. The molecule has 1 aliphatic heterocycles. The van der Waals surface area contributed by atoms with Gasteiger partial charge in [0, 0.05) is 10.0 Å². The number of benzene rings is 2. The number of nitrogens with zero attached hydrogens (tertiary/aromatic N) is 2. The van der Waals surface area contributed by atoms with Crippen molar-refractivity contribution in [3.8, 4) is 6.07 Å². The molecule has 0 saturated heterocycles. The van der Waals surface area contributed by atoms with Gasteiger partial charge in [0.15, 0.2) is 0 Å². The molecule has 1 atom stereocenters. The van der Waals surface area contributed by atoms with Crippen molar-refractivity contribution in [2.45, 2.75) is 6.04 Å². The second kappa shape index (κ2) is 8.67. The van der Waals surface area contributed by atoms with Crippen LogP contribution in [0.25, 0.3) is 11.6 Å². The number of carbonyl (C=O) groups excluding carboxylic acids is 1. The summed E-state index contributed by atoms with van der Waals surface area (Å²) in [4.78, 5) is 26.1. The van der Waals surface area contributed by atoms with Gasteiger partial charge in [-0.05, 0) is 41.5 Å². The Labute approximate surface area is 196 Å². The Morgan fingerprint density at radius 2 is 1.75 bits per heavy atom. The van der Waals surface area contributed by atoms with E-state index in [9.17, 15) is 14.9 Å². The maximum Gasteiger partial charge on any atom is 0.343 e. The van der Waals surface area contributed by atoms with Crippen LogP contribution in [-0.4, -0.2) is 17.6 Å². The number of fused-ring (bicyclic) bond motifs is 1. The first-order chi connectivity index (χ1) is 15.3. The third kappa shape index (κ3) is 3.73. The molecule has 2 aromatic carbocycles. The lowest BCUT2D eigenvalue weighted by Crippen LogP contribution is -2.41. The minimum absolute atomic E-state index is 0.00730. The minimum atomic E-state index is -0.809. The molecule has 2 heterocycles. The number of carbonyl (C=O) groups is 1. The number of esters is 1. The van der Waals surface area contributed by atoms with E-state index < -0.39 is 12.0 Å². The number of hydrogen-bond donors (Lipinski definition) is 1. The summed E-state index contributed by atoms with van der Waals surface area (Å²) in [6, 6.07) is 15.0. The molecular formula is C23H15Cl2N3O3S. The van der Waals surface area contributed by atoms with E-state index in [1.54, 1.807) is 54.6 Å². The van der Waals surface area contributed by atoms with Gasteiger partial charge in [-0.1, -0.05) is 47.5 Å². The van der Waals surface area contributed by atoms with Crippen LogP contribution in [0.15, 0.2) is 64.6 Å². The average Bonchev–Trinajstić information content (AvgIpc) is 3.10. The summed E-state index contributed by atoms with van der Waals surface area (Å²) >= 11 is 13.1. The number of nitrogens with two attached hydrogens (primary N) is 1. The van der Waals surface area contributed by atoms with Gasteiger partial charge in [0.05, 0.1) is 29.0 Å². The summed E-state index contributed by atoms with van der Waals surface area (Å²) in [5.74, 6) is -0.724. The summed E-state index contributed by atoms with van der Waals surface area (Å²) in [7, 11) is 1.22. The molecule has 0 spiro atoms. The van der Waals surface area contributed by atoms with Gasteiger partial charge in [-0.2, -0.15) is 5.26 Å². The number of ether oxygens (including phenoxy) is 1. The van der Waals surface area contributed by atoms with Crippen LogP contribution in [0.4, 0.5) is 0 Å². The summed E-state index contributed by atoms with van der Waals surface area (Å²) in [6.45, 7) is 0. The van der Waals surface area contributed by atoms with Crippen molar-refractivity contribution in [1.82, 2.24) is 4.57 Å². The number of rotatable bonds is 3. The van der Waals surface area contributed by atoms with Crippen LogP contribution in [0.5, 0.6) is 0 Å². The molecule has 0 fully saturated rings. The lowest BCUT2D eigenvalue weighted by molar-refractivity contribution is -0.133. The monoisotopic (exact) mass is 483 g/mol. The number of thiazole rings is 1. The average molecular weight is 484 g/mol. The molecule has 160 valence electrons. The molecule has 0 aliphatic carbocycles. The van der Waals surface area contributed by atoms with Crippen molar-refractivity contribution in [3.05, 3.63) is 101 Å². The highest BCUT2D eigenvalue weighted by atomic mass is 35.5. The van der Waals surface area contributed by atoms with Crippen molar-refractivity contribution in [2.24, 2.45) is 5.73 Å². The van der Waals surface area contributed by atoms with E-state index in [0.717, 1.165) is 16.9 Å². The second-order valence-corrected chi connectivity index (χ2v) is 8.81. The van der Waals surface area contributed by atoms with Crippen LogP contribution < -0.4 is 20.5 Å². The van der Waals surface area contributed by atoms with Gasteiger partial charge in [-0.3, -0.25) is 9.36 Å². The molecule has 9 heteroatoms. The Hall–Kier alpha value is -3.31. The van der Waals surface area contributed by atoms with Crippen molar-refractivity contribution in [1.29, 1.82) is 5.26 Å². The normalized spacial score (nSPS) is 16.0. The van der Waals surface area contributed by atoms with Crippen LogP contribution >= 0.6 is 34.5 Å². The SMILES string of the molecule is COC(=O)C1=c2s/c(=C/c3ccc(Cl)cc3)c(=O)n2[C@H](c2ccc(Cl)cc2)C(C#N)=C1N. The lowest BCUT2D eigenvalue weighted by Gasteiger charge is -2.24. The van der Waals surface area contributed by atoms with Crippen LogP contribution in [0.1, 0.15) is 17.2 Å². The van der Waals surface area contributed by atoms with Gasteiger partial charge < -0.3 is 10.5 Å².